The molecule has 162 valence electrons. The fraction of sp³-hybridized carbons (Fsp3) is 0.600. The van der Waals surface area contributed by atoms with Gasteiger partial charge in [-0.1, -0.05) is 41.4 Å². The third-order valence-corrected chi connectivity index (χ3v) is 7.59. The lowest BCUT2D eigenvalue weighted by atomic mass is 9.95. The Hall–Kier alpha value is -1.45. The number of hydrogen-bond acceptors (Lipinski definition) is 5. The Kier molecular flexibility index (Phi) is 9.10. The first-order valence-electron chi connectivity index (χ1n) is 9.87. The van der Waals surface area contributed by atoms with Crippen LogP contribution in [0.2, 0.25) is 0 Å². The minimum atomic E-state index is -3.25. The minimum absolute atomic E-state index is 0.0307. The van der Waals surface area contributed by atoms with Crippen molar-refractivity contribution in [2.45, 2.75) is 45.1 Å². The molecule has 0 bridgehead atoms. The van der Waals surface area contributed by atoms with Gasteiger partial charge in [0.2, 0.25) is 15.9 Å². The summed E-state index contributed by atoms with van der Waals surface area (Å²) in [5.41, 5.74) is 0.803. The number of benzene rings is 1. The molecular formula is C20H29BrN2O5S. The summed E-state index contributed by atoms with van der Waals surface area (Å²) in [4.78, 5) is 24.6. The lowest BCUT2D eigenvalue weighted by molar-refractivity contribution is -0.141. The summed E-state index contributed by atoms with van der Waals surface area (Å²) in [6, 6.07) is 6.92. The standard InChI is InChI=1S/C20H29BrN2O5S/c1-3-4-12-29(26,27)23-10-8-15(9-11-23)20(25)22-18(14-19(24)28-2)16-6-5-7-17(21)13-16/h5-7,13,15,18H,3-4,8-12,14H2,1-2H3,(H,22,25). The van der Waals surface area contributed by atoms with Crippen LogP contribution in [0, 0.1) is 5.92 Å². The van der Waals surface area contributed by atoms with E-state index in [1.54, 1.807) is 0 Å². The second-order valence-electron chi connectivity index (χ2n) is 7.24. The number of nitrogens with one attached hydrogen (secondary N) is 1. The number of esters is 1. The highest BCUT2D eigenvalue weighted by Crippen LogP contribution is 2.25. The maximum Gasteiger partial charge on any atom is 0.307 e. The second kappa shape index (κ2) is 11.1. The van der Waals surface area contributed by atoms with E-state index in [4.69, 9.17) is 4.74 Å². The summed E-state index contributed by atoms with van der Waals surface area (Å²) in [5, 5.41) is 2.95. The number of piperidine rings is 1. The molecule has 29 heavy (non-hydrogen) atoms. The Balaban J connectivity index is 2.00. The van der Waals surface area contributed by atoms with E-state index in [1.807, 2.05) is 31.2 Å². The average Bonchev–Trinajstić information content (AvgIpc) is 2.71. The summed E-state index contributed by atoms with van der Waals surface area (Å²) in [6.07, 6.45) is 2.45. The number of halogens is 1. The summed E-state index contributed by atoms with van der Waals surface area (Å²) < 4.78 is 31.8. The quantitative estimate of drug-likeness (QED) is 0.539. The van der Waals surface area contributed by atoms with Gasteiger partial charge in [0.05, 0.1) is 25.3 Å². The van der Waals surface area contributed by atoms with Gasteiger partial charge in [0.15, 0.2) is 0 Å². The Morgan fingerprint density at radius 2 is 2.00 bits per heavy atom. The monoisotopic (exact) mass is 488 g/mol. The number of amides is 1. The van der Waals surface area contributed by atoms with E-state index in [-0.39, 0.29) is 24.0 Å². The molecule has 2 rings (SSSR count). The molecule has 0 spiro atoms. The van der Waals surface area contributed by atoms with E-state index in [0.29, 0.717) is 32.4 Å². The molecule has 1 saturated heterocycles. The van der Waals surface area contributed by atoms with Gasteiger partial charge in [0.1, 0.15) is 0 Å². The van der Waals surface area contributed by atoms with E-state index >= 15 is 0 Å². The Morgan fingerprint density at radius 3 is 2.59 bits per heavy atom. The zero-order valence-electron chi connectivity index (χ0n) is 16.9. The number of carbonyl (C=O) groups excluding carboxylic acids is 2. The Labute approximate surface area is 181 Å². The molecule has 1 aliphatic heterocycles. The van der Waals surface area contributed by atoms with Crippen molar-refractivity contribution in [3.63, 3.8) is 0 Å². The molecule has 1 aromatic carbocycles. The summed E-state index contributed by atoms with van der Waals surface area (Å²) >= 11 is 3.41. The number of ether oxygens (including phenoxy) is 1. The molecule has 1 aliphatic rings. The highest BCUT2D eigenvalue weighted by atomic mass is 79.9. The van der Waals surface area contributed by atoms with Gasteiger partial charge in [0.25, 0.3) is 0 Å². The van der Waals surface area contributed by atoms with Crippen LogP contribution in [0.3, 0.4) is 0 Å². The number of rotatable bonds is 9. The number of methoxy groups -OCH3 is 1. The van der Waals surface area contributed by atoms with Crippen molar-refractivity contribution in [2.75, 3.05) is 26.0 Å². The Bertz CT molecular complexity index is 807. The molecule has 0 saturated carbocycles. The number of hydrogen-bond donors (Lipinski definition) is 1. The van der Waals surface area contributed by atoms with Crippen molar-refractivity contribution in [3.05, 3.63) is 34.3 Å². The van der Waals surface area contributed by atoms with Crippen molar-refractivity contribution in [1.82, 2.24) is 9.62 Å². The predicted molar refractivity (Wildman–Crippen MR) is 115 cm³/mol. The van der Waals surface area contributed by atoms with E-state index in [0.717, 1.165) is 16.5 Å². The highest BCUT2D eigenvalue weighted by Gasteiger charge is 2.32. The van der Waals surface area contributed by atoms with Crippen LogP contribution < -0.4 is 5.32 Å². The molecule has 1 aromatic rings. The van der Waals surface area contributed by atoms with Crippen LogP contribution >= 0.6 is 15.9 Å². The Morgan fingerprint density at radius 1 is 1.31 bits per heavy atom. The van der Waals surface area contributed by atoms with Crippen molar-refractivity contribution in [3.8, 4) is 0 Å². The zero-order valence-corrected chi connectivity index (χ0v) is 19.3. The van der Waals surface area contributed by atoms with Gasteiger partial charge in [0, 0.05) is 23.5 Å². The lowest BCUT2D eigenvalue weighted by Crippen LogP contribution is -2.44. The summed E-state index contributed by atoms with van der Waals surface area (Å²) in [5.74, 6) is -0.693. The molecule has 1 atom stereocenters. The van der Waals surface area contributed by atoms with Gasteiger partial charge in [-0.2, -0.15) is 0 Å². The van der Waals surface area contributed by atoms with Gasteiger partial charge in [-0.15, -0.1) is 0 Å². The fourth-order valence-electron chi connectivity index (χ4n) is 3.37. The zero-order chi connectivity index (χ0) is 21.4. The highest BCUT2D eigenvalue weighted by molar-refractivity contribution is 9.10. The third-order valence-electron chi connectivity index (χ3n) is 5.14. The van der Waals surface area contributed by atoms with E-state index < -0.39 is 22.0 Å². The minimum Gasteiger partial charge on any atom is -0.469 e. The van der Waals surface area contributed by atoms with Crippen molar-refractivity contribution in [2.24, 2.45) is 5.92 Å². The molecule has 0 radical (unpaired) electrons. The molecular weight excluding hydrogens is 460 g/mol. The average molecular weight is 489 g/mol. The van der Waals surface area contributed by atoms with Gasteiger partial charge in [-0.3, -0.25) is 9.59 Å². The molecule has 1 fully saturated rings. The van der Waals surface area contributed by atoms with E-state index in [1.165, 1.54) is 11.4 Å². The number of carbonyl (C=O) groups is 2. The van der Waals surface area contributed by atoms with Crippen LogP contribution in [-0.2, 0) is 24.3 Å². The van der Waals surface area contributed by atoms with Crippen molar-refractivity contribution in [1.29, 1.82) is 0 Å². The molecule has 7 nitrogen and oxygen atoms in total. The van der Waals surface area contributed by atoms with Gasteiger partial charge < -0.3 is 10.1 Å². The normalized spacial score (nSPS) is 16.9. The maximum absolute atomic E-state index is 12.8. The van der Waals surface area contributed by atoms with Crippen molar-refractivity contribution < 1.29 is 22.7 Å². The third kappa shape index (κ3) is 7.08. The molecule has 1 heterocycles. The molecule has 1 amide bonds. The molecule has 0 aliphatic carbocycles. The molecule has 0 aromatic heterocycles. The van der Waals surface area contributed by atoms with E-state index in [2.05, 4.69) is 21.2 Å². The number of sulfonamides is 1. The number of unbranched alkanes of at least 4 members (excludes halogenated alkanes) is 1. The van der Waals surface area contributed by atoms with E-state index in [9.17, 15) is 18.0 Å². The first-order chi connectivity index (χ1) is 13.8. The van der Waals surface area contributed by atoms with Crippen LogP contribution in [0.25, 0.3) is 0 Å². The van der Waals surface area contributed by atoms with Crippen LogP contribution in [0.1, 0.15) is 50.6 Å². The van der Waals surface area contributed by atoms with Crippen molar-refractivity contribution >= 4 is 37.8 Å². The predicted octanol–water partition coefficient (Wildman–Crippen LogP) is 3.01. The summed E-state index contributed by atoms with van der Waals surface area (Å²) in [6.45, 7) is 2.66. The fourth-order valence-corrected chi connectivity index (χ4v) is 5.46. The SMILES string of the molecule is CCCCS(=O)(=O)N1CCC(C(=O)NC(CC(=O)OC)c2cccc(Br)c2)CC1. The second-order valence-corrected chi connectivity index (χ2v) is 10.2. The first-order valence-corrected chi connectivity index (χ1v) is 12.3. The van der Waals surface area contributed by atoms with Crippen LogP contribution in [0.4, 0.5) is 0 Å². The van der Waals surface area contributed by atoms with Crippen LogP contribution in [-0.4, -0.2) is 50.6 Å². The molecule has 1 unspecified atom stereocenters. The topological polar surface area (TPSA) is 92.8 Å². The van der Waals surface area contributed by atoms with Crippen LogP contribution in [0.15, 0.2) is 28.7 Å². The molecule has 1 N–H and O–H groups in total. The largest absolute Gasteiger partial charge is 0.469 e. The smallest absolute Gasteiger partial charge is 0.307 e. The lowest BCUT2D eigenvalue weighted by Gasteiger charge is -2.31. The van der Waals surface area contributed by atoms with Gasteiger partial charge in [-0.05, 0) is 37.0 Å². The van der Waals surface area contributed by atoms with Gasteiger partial charge >= 0.3 is 5.97 Å². The number of nitrogens with zero attached hydrogens (tertiary/aromatic N) is 1. The summed E-state index contributed by atoms with van der Waals surface area (Å²) in [7, 11) is -1.93. The molecule has 9 heteroatoms. The first kappa shape index (κ1) is 23.8. The maximum atomic E-state index is 12.8. The van der Waals surface area contributed by atoms with Gasteiger partial charge in [-0.25, -0.2) is 12.7 Å². The van der Waals surface area contributed by atoms with Crippen LogP contribution in [0.5, 0.6) is 0 Å².